The quantitative estimate of drug-likeness (QED) is 0.522. The number of hydrogen-bond acceptors (Lipinski definition) is 1. The van der Waals surface area contributed by atoms with Crippen molar-refractivity contribution in [1.29, 1.82) is 0 Å². The van der Waals surface area contributed by atoms with Crippen LogP contribution in [0, 0.1) is 5.92 Å². The lowest BCUT2D eigenvalue weighted by Gasteiger charge is -2.09. The van der Waals surface area contributed by atoms with E-state index in [2.05, 4.69) is 19.9 Å². The molecule has 2 N–H and O–H groups in total. The first-order valence-corrected chi connectivity index (χ1v) is 8.46. The molecule has 0 rings (SSSR count). The number of allylic oxidation sites excluding steroid dienone is 6. The molecule has 0 aromatic heterocycles. The fourth-order valence-electron chi connectivity index (χ4n) is 1.71. The zero-order valence-electron chi connectivity index (χ0n) is 12.7. The molecule has 0 aromatic rings. The molecule has 3 nitrogen and oxygen atoms in total. The third kappa shape index (κ3) is 7.51. The maximum Gasteiger partial charge on any atom is 0.352 e. The van der Waals surface area contributed by atoms with Crippen molar-refractivity contribution in [2.24, 2.45) is 5.92 Å². The van der Waals surface area contributed by atoms with Gasteiger partial charge in [-0.1, -0.05) is 39.8 Å². The van der Waals surface area contributed by atoms with Crippen LogP contribution in [0.5, 0.6) is 0 Å². The molecule has 110 valence electrons. The van der Waals surface area contributed by atoms with E-state index in [1.54, 1.807) is 13.0 Å². The summed E-state index contributed by atoms with van der Waals surface area (Å²) < 4.78 is 11.3. The van der Waals surface area contributed by atoms with E-state index in [4.69, 9.17) is 0 Å². The highest BCUT2D eigenvalue weighted by Gasteiger charge is 2.18. The zero-order chi connectivity index (χ0) is 15.1. The zero-order valence-corrected chi connectivity index (χ0v) is 13.6. The Morgan fingerprint density at radius 1 is 1.21 bits per heavy atom. The molecule has 0 bridgehead atoms. The van der Waals surface area contributed by atoms with Crippen molar-refractivity contribution >= 4 is 7.60 Å². The Labute approximate surface area is 117 Å². The average Bonchev–Trinajstić information content (AvgIpc) is 2.28. The van der Waals surface area contributed by atoms with E-state index < -0.39 is 7.60 Å². The molecule has 0 atom stereocenters. The summed E-state index contributed by atoms with van der Waals surface area (Å²) in [5.74, 6) is 0.617. The largest absolute Gasteiger partial charge is 0.352 e. The van der Waals surface area contributed by atoms with Gasteiger partial charge in [0.1, 0.15) is 0 Å². The summed E-state index contributed by atoms with van der Waals surface area (Å²) in [4.78, 5) is 18.5. The monoisotopic (exact) mass is 286 g/mol. The maximum absolute atomic E-state index is 11.3. The van der Waals surface area contributed by atoms with Crippen molar-refractivity contribution in [3.8, 4) is 0 Å². The average molecular weight is 286 g/mol. The molecule has 0 aliphatic carbocycles. The van der Waals surface area contributed by atoms with Crippen LogP contribution in [0.25, 0.3) is 0 Å². The minimum Gasteiger partial charge on any atom is -0.321 e. The highest BCUT2D eigenvalue weighted by atomic mass is 31.2. The molecule has 0 unspecified atom stereocenters. The fraction of sp³-hybridized carbons (Fsp3) is 0.600. The van der Waals surface area contributed by atoms with Crippen LogP contribution < -0.4 is 0 Å². The molecule has 0 amide bonds. The lowest BCUT2D eigenvalue weighted by molar-refractivity contribution is 0.381. The second-order valence-electron chi connectivity index (χ2n) is 5.13. The van der Waals surface area contributed by atoms with Crippen molar-refractivity contribution < 1.29 is 14.4 Å². The van der Waals surface area contributed by atoms with Crippen molar-refractivity contribution in [3.63, 3.8) is 0 Å². The summed E-state index contributed by atoms with van der Waals surface area (Å²) in [6, 6.07) is 0. The molecule has 0 fully saturated rings. The Balaban J connectivity index is 5.23. The normalized spacial score (nSPS) is 15.3. The van der Waals surface area contributed by atoms with E-state index in [0.29, 0.717) is 12.3 Å². The first kappa shape index (κ1) is 18.4. The first-order chi connectivity index (χ1) is 8.72. The van der Waals surface area contributed by atoms with E-state index in [9.17, 15) is 14.4 Å². The van der Waals surface area contributed by atoms with Crippen molar-refractivity contribution in [1.82, 2.24) is 0 Å². The molecule has 0 aromatic carbocycles. The smallest absolute Gasteiger partial charge is 0.321 e. The highest BCUT2D eigenvalue weighted by Crippen LogP contribution is 2.47. The van der Waals surface area contributed by atoms with Crippen molar-refractivity contribution in [2.75, 3.05) is 0 Å². The third-order valence-corrected chi connectivity index (χ3v) is 4.13. The number of rotatable bonds is 7. The van der Waals surface area contributed by atoms with Gasteiger partial charge in [0, 0.05) is 5.31 Å². The summed E-state index contributed by atoms with van der Waals surface area (Å²) >= 11 is 0. The molecule has 0 heterocycles. The summed E-state index contributed by atoms with van der Waals surface area (Å²) in [7, 11) is -4.12. The minimum absolute atomic E-state index is 0.209. The van der Waals surface area contributed by atoms with Crippen LogP contribution in [0.15, 0.2) is 34.7 Å². The van der Waals surface area contributed by atoms with E-state index in [1.807, 2.05) is 19.9 Å². The highest BCUT2D eigenvalue weighted by molar-refractivity contribution is 7.56. The van der Waals surface area contributed by atoms with Gasteiger partial charge in [-0.3, -0.25) is 4.57 Å². The van der Waals surface area contributed by atoms with Gasteiger partial charge in [0.2, 0.25) is 0 Å². The first-order valence-electron chi connectivity index (χ1n) is 6.85. The Kier molecular flexibility index (Phi) is 8.24. The number of hydrogen-bond donors (Lipinski definition) is 2. The molecular formula is C15H27O3P. The van der Waals surface area contributed by atoms with Gasteiger partial charge in [-0.05, 0) is 49.3 Å². The Bertz CT molecular complexity index is 411. The van der Waals surface area contributed by atoms with Gasteiger partial charge < -0.3 is 9.79 Å². The van der Waals surface area contributed by atoms with Gasteiger partial charge in [0.25, 0.3) is 0 Å². The Hall–Kier alpha value is -0.630. The van der Waals surface area contributed by atoms with Crippen molar-refractivity contribution in [2.45, 2.75) is 53.9 Å². The molecular weight excluding hydrogens is 259 g/mol. The lowest BCUT2D eigenvalue weighted by Crippen LogP contribution is -1.89. The standard InChI is InChI=1S/C15H27O3P/c1-6-14(11-15(7-2)19(16,17)18)13(5)10-8-9-12(3)4/h8,10-12H,6-7,9H2,1-5H3,(H2,16,17,18)/b10-8+,14-13+,15-11+. The van der Waals surface area contributed by atoms with Crippen molar-refractivity contribution in [3.05, 3.63) is 34.7 Å². The topological polar surface area (TPSA) is 57.5 Å². The van der Waals surface area contributed by atoms with Crippen LogP contribution in [-0.4, -0.2) is 9.79 Å². The minimum atomic E-state index is -4.12. The van der Waals surface area contributed by atoms with Gasteiger partial charge in [-0.25, -0.2) is 0 Å². The maximum atomic E-state index is 11.3. The third-order valence-electron chi connectivity index (χ3n) is 2.94. The SMILES string of the molecule is CC\C(=C/C(CC)=C(C)/C=C/CC(C)C)P(=O)(O)O. The van der Waals surface area contributed by atoms with Crippen LogP contribution in [0.1, 0.15) is 53.9 Å². The van der Waals surface area contributed by atoms with Gasteiger partial charge in [-0.15, -0.1) is 0 Å². The molecule has 0 aliphatic rings. The predicted molar refractivity (Wildman–Crippen MR) is 82.0 cm³/mol. The van der Waals surface area contributed by atoms with Crippen LogP contribution in [0.3, 0.4) is 0 Å². The Morgan fingerprint density at radius 2 is 1.79 bits per heavy atom. The van der Waals surface area contributed by atoms with Gasteiger partial charge >= 0.3 is 7.60 Å². The second-order valence-corrected chi connectivity index (χ2v) is 6.79. The molecule has 0 spiro atoms. The summed E-state index contributed by atoms with van der Waals surface area (Å²) in [5, 5.41) is 0.209. The lowest BCUT2D eigenvalue weighted by atomic mass is 10.0. The molecule has 0 radical (unpaired) electrons. The van der Waals surface area contributed by atoms with E-state index in [-0.39, 0.29) is 5.31 Å². The summed E-state index contributed by atoms with van der Waals surface area (Å²) in [6.07, 6.45) is 7.97. The van der Waals surface area contributed by atoms with Gasteiger partial charge in [-0.2, -0.15) is 0 Å². The van der Waals surface area contributed by atoms with E-state index in [1.165, 1.54) is 0 Å². The Morgan fingerprint density at radius 3 is 2.16 bits per heavy atom. The van der Waals surface area contributed by atoms with Crippen LogP contribution in [0.2, 0.25) is 0 Å². The second kappa shape index (κ2) is 8.52. The van der Waals surface area contributed by atoms with Gasteiger partial charge in [0.05, 0.1) is 0 Å². The molecule has 0 saturated carbocycles. The van der Waals surface area contributed by atoms with Gasteiger partial charge in [0.15, 0.2) is 0 Å². The van der Waals surface area contributed by atoms with Crippen LogP contribution in [-0.2, 0) is 4.57 Å². The fourth-order valence-corrected chi connectivity index (χ4v) is 2.45. The summed E-state index contributed by atoms with van der Waals surface area (Å²) in [6.45, 7) is 10.1. The molecule has 19 heavy (non-hydrogen) atoms. The van der Waals surface area contributed by atoms with E-state index in [0.717, 1.165) is 24.0 Å². The molecule has 0 aliphatic heterocycles. The summed E-state index contributed by atoms with van der Waals surface area (Å²) in [5.41, 5.74) is 2.06. The molecule has 4 heteroatoms. The predicted octanol–water partition coefficient (Wildman–Crippen LogP) is 4.79. The van der Waals surface area contributed by atoms with E-state index >= 15 is 0 Å². The van der Waals surface area contributed by atoms with Crippen LogP contribution in [0.4, 0.5) is 0 Å². The molecule has 0 saturated heterocycles. The van der Waals surface area contributed by atoms with Crippen LogP contribution >= 0.6 is 7.60 Å².